The minimum atomic E-state index is -0.370. The third-order valence-corrected chi connectivity index (χ3v) is 3.96. The predicted molar refractivity (Wildman–Crippen MR) is 78.7 cm³/mol. The van der Waals surface area contributed by atoms with Crippen molar-refractivity contribution < 1.29 is 9.90 Å². The Morgan fingerprint density at radius 2 is 2.20 bits per heavy atom. The number of aryl methyl sites for hydroxylation is 2. The lowest BCUT2D eigenvalue weighted by atomic mass is 9.96. The van der Waals surface area contributed by atoms with Crippen molar-refractivity contribution in [2.45, 2.75) is 58.6 Å². The molecule has 1 aliphatic rings. The Morgan fingerprint density at radius 3 is 2.85 bits per heavy atom. The van der Waals surface area contributed by atoms with Crippen molar-refractivity contribution in [3.63, 3.8) is 0 Å². The summed E-state index contributed by atoms with van der Waals surface area (Å²) in [5, 5.41) is 9.62. The topological polar surface area (TPSA) is 53.4 Å². The van der Waals surface area contributed by atoms with E-state index in [1.165, 1.54) is 0 Å². The van der Waals surface area contributed by atoms with E-state index < -0.39 is 0 Å². The number of carbonyl (C=O) groups is 1. The van der Waals surface area contributed by atoms with Crippen LogP contribution in [0.25, 0.3) is 0 Å². The highest BCUT2D eigenvalue weighted by Gasteiger charge is 2.29. The Bertz CT molecular complexity index is 485. The van der Waals surface area contributed by atoms with Gasteiger partial charge in [-0.25, -0.2) is 0 Å². The summed E-state index contributed by atoms with van der Waals surface area (Å²) in [6, 6.07) is 3.90. The second kappa shape index (κ2) is 6.35. The largest absolute Gasteiger partial charge is 0.393 e. The molecule has 0 radical (unpaired) electrons. The van der Waals surface area contributed by atoms with Crippen LogP contribution in [-0.4, -0.2) is 39.6 Å². The molecule has 0 spiro atoms. The molecule has 1 fully saturated rings. The molecule has 1 amide bonds. The van der Waals surface area contributed by atoms with Crippen molar-refractivity contribution in [2.24, 2.45) is 0 Å². The minimum Gasteiger partial charge on any atom is -0.393 e. The highest BCUT2D eigenvalue weighted by Crippen LogP contribution is 2.23. The fourth-order valence-electron chi connectivity index (χ4n) is 2.97. The molecule has 0 bridgehead atoms. The van der Waals surface area contributed by atoms with E-state index in [4.69, 9.17) is 0 Å². The average Bonchev–Trinajstić information content (AvgIpc) is 2.38. The van der Waals surface area contributed by atoms with Crippen molar-refractivity contribution in [2.75, 3.05) is 6.54 Å². The summed E-state index contributed by atoms with van der Waals surface area (Å²) in [5.74, 6) is 0.0559. The third kappa shape index (κ3) is 3.37. The summed E-state index contributed by atoms with van der Waals surface area (Å²) in [6.07, 6.45) is 3.44. The summed E-state index contributed by atoms with van der Waals surface area (Å²) in [5.41, 5.74) is 2.41. The Morgan fingerprint density at radius 1 is 1.45 bits per heavy atom. The summed E-state index contributed by atoms with van der Waals surface area (Å²) in [7, 11) is 0. The van der Waals surface area contributed by atoms with Gasteiger partial charge in [0, 0.05) is 18.3 Å². The Balaban J connectivity index is 2.20. The molecule has 2 heterocycles. The third-order valence-electron chi connectivity index (χ3n) is 3.96. The first-order valence-corrected chi connectivity index (χ1v) is 7.42. The number of rotatable bonds is 3. The number of aliphatic hydroxyl groups excluding tert-OH is 1. The van der Waals surface area contributed by atoms with Gasteiger partial charge in [0.15, 0.2) is 0 Å². The van der Waals surface area contributed by atoms with E-state index in [-0.39, 0.29) is 18.1 Å². The summed E-state index contributed by atoms with van der Waals surface area (Å²) >= 11 is 0. The van der Waals surface area contributed by atoms with Crippen LogP contribution in [0, 0.1) is 13.8 Å². The van der Waals surface area contributed by atoms with Crippen molar-refractivity contribution in [3.8, 4) is 0 Å². The second-order valence-corrected chi connectivity index (χ2v) is 5.82. The van der Waals surface area contributed by atoms with Gasteiger partial charge in [-0.3, -0.25) is 9.78 Å². The Labute approximate surface area is 120 Å². The zero-order valence-electron chi connectivity index (χ0n) is 12.6. The SMILES string of the molecule is Cc1ccc(C(=O)N2CCCCC2CC(C)O)c(C)n1. The highest BCUT2D eigenvalue weighted by molar-refractivity contribution is 5.95. The number of aliphatic hydroxyl groups is 1. The normalized spacial score (nSPS) is 20.8. The molecule has 0 aromatic carbocycles. The average molecular weight is 276 g/mol. The van der Waals surface area contributed by atoms with E-state index in [1.54, 1.807) is 6.92 Å². The predicted octanol–water partition coefficient (Wildman–Crippen LogP) is 2.46. The Kier molecular flexibility index (Phi) is 4.76. The van der Waals surface area contributed by atoms with Crippen LogP contribution in [0.3, 0.4) is 0 Å². The van der Waals surface area contributed by atoms with Crippen LogP contribution in [0.5, 0.6) is 0 Å². The standard InChI is InChI=1S/C16H24N2O2/c1-11-7-8-15(13(3)17-11)16(20)18-9-5-4-6-14(18)10-12(2)19/h7-8,12,14,19H,4-6,9-10H2,1-3H3. The van der Waals surface area contributed by atoms with Gasteiger partial charge in [0.05, 0.1) is 17.4 Å². The van der Waals surface area contributed by atoms with Gasteiger partial charge in [-0.2, -0.15) is 0 Å². The van der Waals surface area contributed by atoms with Gasteiger partial charge in [-0.05, 0) is 58.6 Å². The lowest BCUT2D eigenvalue weighted by molar-refractivity contribution is 0.0514. The minimum absolute atomic E-state index is 0.0559. The maximum Gasteiger partial charge on any atom is 0.255 e. The summed E-state index contributed by atoms with van der Waals surface area (Å²) in [4.78, 5) is 19.0. The number of nitrogens with zero attached hydrogens (tertiary/aromatic N) is 2. The summed E-state index contributed by atoms with van der Waals surface area (Å²) in [6.45, 7) is 6.38. The number of hydrogen-bond donors (Lipinski definition) is 1. The maximum atomic E-state index is 12.7. The molecule has 4 nitrogen and oxygen atoms in total. The molecule has 110 valence electrons. The van der Waals surface area contributed by atoms with Crippen LogP contribution in [0.2, 0.25) is 0 Å². The zero-order valence-corrected chi connectivity index (χ0v) is 12.6. The van der Waals surface area contributed by atoms with Crippen LogP contribution in [0.4, 0.5) is 0 Å². The summed E-state index contributed by atoms with van der Waals surface area (Å²) < 4.78 is 0. The van der Waals surface area contributed by atoms with E-state index in [9.17, 15) is 9.90 Å². The van der Waals surface area contributed by atoms with Gasteiger partial charge in [-0.1, -0.05) is 0 Å². The first-order valence-electron chi connectivity index (χ1n) is 7.42. The Hall–Kier alpha value is -1.42. The van der Waals surface area contributed by atoms with Crippen molar-refractivity contribution >= 4 is 5.91 Å². The monoisotopic (exact) mass is 276 g/mol. The molecule has 1 aromatic rings. The maximum absolute atomic E-state index is 12.7. The molecule has 1 N–H and O–H groups in total. The van der Waals surface area contributed by atoms with Gasteiger partial charge in [0.1, 0.15) is 0 Å². The van der Waals surface area contributed by atoms with Crippen LogP contribution in [0.15, 0.2) is 12.1 Å². The van der Waals surface area contributed by atoms with E-state index in [0.29, 0.717) is 12.0 Å². The molecule has 1 aromatic heterocycles. The van der Waals surface area contributed by atoms with Crippen molar-refractivity contribution in [3.05, 3.63) is 29.1 Å². The number of carbonyl (C=O) groups excluding carboxylic acids is 1. The molecule has 2 unspecified atom stereocenters. The number of likely N-dealkylation sites (tertiary alicyclic amines) is 1. The van der Waals surface area contributed by atoms with E-state index in [2.05, 4.69) is 4.98 Å². The number of hydrogen-bond acceptors (Lipinski definition) is 3. The number of aromatic nitrogens is 1. The van der Waals surface area contributed by atoms with Crippen LogP contribution in [0.1, 0.15) is 54.4 Å². The molecule has 0 aliphatic carbocycles. The lowest BCUT2D eigenvalue weighted by Crippen LogP contribution is -2.45. The molecule has 1 saturated heterocycles. The molecule has 20 heavy (non-hydrogen) atoms. The van der Waals surface area contributed by atoms with Gasteiger partial charge in [0.2, 0.25) is 0 Å². The zero-order chi connectivity index (χ0) is 14.7. The van der Waals surface area contributed by atoms with E-state index >= 15 is 0 Å². The molecule has 2 atom stereocenters. The smallest absolute Gasteiger partial charge is 0.255 e. The first-order chi connectivity index (χ1) is 9.49. The fraction of sp³-hybridized carbons (Fsp3) is 0.625. The molecule has 2 rings (SSSR count). The lowest BCUT2D eigenvalue weighted by Gasteiger charge is -2.36. The van der Waals surface area contributed by atoms with Crippen molar-refractivity contribution in [1.29, 1.82) is 0 Å². The van der Waals surface area contributed by atoms with Crippen LogP contribution >= 0.6 is 0 Å². The number of pyridine rings is 1. The second-order valence-electron chi connectivity index (χ2n) is 5.82. The molecular formula is C16H24N2O2. The van der Waals surface area contributed by atoms with Crippen molar-refractivity contribution in [1.82, 2.24) is 9.88 Å². The van der Waals surface area contributed by atoms with E-state index in [0.717, 1.165) is 37.2 Å². The quantitative estimate of drug-likeness (QED) is 0.922. The fourth-order valence-corrected chi connectivity index (χ4v) is 2.97. The van der Waals surface area contributed by atoms with Crippen LogP contribution < -0.4 is 0 Å². The van der Waals surface area contributed by atoms with Gasteiger partial charge in [0.25, 0.3) is 5.91 Å². The first kappa shape index (κ1) is 15.0. The van der Waals surface area contributed by atoms with Gasteiger partial charge in [-0.15, -0.1) is 0 Å². The molecule has 4 heteroatoms. The number of piperidine rings is 1. The molecule has 1 aliphatic heterocycles. The van der Waals surface area contributed by atoms with Gasteiger partial charge < -0.3 is 10.0 Å². The van der Waals surface area contributed by atoms with Crippen LogP contribution in [-0.2, 0) is 0 Å². The van der Waals surface area contributed by atoms with Gasteiger partial charge >= 0.3 is 0 Å². The highest BCUT2D eigenvalue weighted by atomic mass is 16.3. The number of amides is 1. The van der Waals surface area contributed by atoms with E-state index in [1.807, 2.05) is 30.9 Å². The molecular weight excluding hydrogens is 252 g/mol. The molecule has 0 saturated carbocycles.